The van der Waals surface area contributed by atoms with E-state index < -0.39 is 6.10 Å². The SMILES string of the molecule is CCOc1ccccc1N(C)CC(O)c1ccc(C#N)cc1. The zero-order valence-electron chi connectivity index (χ0n) is 12.9. The molecule has 0 saturated heterocycles. The number of benzene rings is 2. The Balaban J connectivity index is 2.10. The largest absolute Gasteiger partial charge is 0.492 e. The van der Waals surface area contributed by atoms with Crippen molar-refractivity contribution in [1.82, 2.24) is 0 Å². The lowest BCUT2D eigenvalue weighted by atomic mass is 10.1. The molecule has 0 aliphatic carbocycles. The summed E-state index contributed by atoms with van der Waals surface area (Å²) < 4.78 is 5.62. The first-order valence-electron chi connectivity index (χ1n) is 7.26. The first kappa shape index (κ1) is 15.9. The van der Waals surface area contributed by atoms with Crippen LogP contribution in [0, 0.1) is 11.3 Å². The molecular weight excluding hydrogens is 276 g/mol. The van der Waals surface area contributed by atoms with Crippen molar-refractivity contribution < 1.29 is 9.84 Å². The minimum Gasteiger partial charge on any atom is -0.492 e. The Bertz CT molecular complexity index is 647. The molecule has 0 spiro atoms. The second kappa shape index (κ2) is 7.48. The van der Waals surface area contributed by atoms with Crippen LogP contribution >= 0.6 is 0 Å². The van der Waals surface area contributed by atoms with Gasteiger partial charge in [-0.25, -0.2) is 0 Å². The summed E-state index contributed by atoms with van der Waals surface area (Å²) in [4.78, 5) is 1.97. The number of nitriles is 1. The van der Waals surface area contributed by atoms with Gasteiger partial charge in [0.25, 0.3) is 0 Å². The normalized spacial score (nSPS) is 11.5. The summed E-state index contributed by atoms with van der Waals surface area (Å²) in [6.45, 7) is 2.99. The first-order valence-corrected chi connectivity index (χ1v) is 7.26. The van der Waals surface area contributed by atoms with Gasteiger partial charge in [-0.3, -0.25) is 0 Å². The van der Waals surface area contributed by atoms with Crippen molar-refractivity contribution >= 4 is 5.69 Å². The highest BCUT2D eigenvalue weighted by Gasteiger charge is 2.14. The van der Waals surface area contributed by atoms with Crippen molar-refractivity contribution in [1.29, 1.82) is 5.26 Å². The molecule has 0 aliphatic heterocycles. The minimum atomic E-state index is -0.632. The molecule has 2 rings (SSSR count). The van der Waals surface area contributed by atoms with E-state index in [2.05, 4.69) is 6.07 Å². The number of anilines is 1. The summed E-state index contributed by atoms with van der Waals surface area (Å²) in [5, 5.41) is 19.2. The quantitative estimate of drug-likeness (QED) is 0.890. The van der Waals surface area contributed by atoms with Gasteiger partial charge in [0.05, 0.1) is 30.0 Å². The summed E-state index contributed by atoms with van der Waals surface area (Å²) in [6, 6.07) is 16.8. The van der Waals surface area contributed by atoms with Gasteiger partial charge in [-0.2, -0.15) is 5.26 Å². The van der Waals surface area contributed by atoms with Crippen molar-refractivity contribution in [3.63, 3.8) is 0 Å². The molecule has 0 saturated carbocycles. The highest BCUT2D eigenvalue weighted by molar-refractivity contribution is 5.58. The zero-order valence-corrected chi connectivity index (χ0v) is 12.9. The van der Waals surface area contributed by atoms with Gasteiger partial charge in [-0.15, -0.1) is 0 Å². The molecule has 0 amide bonds. The van der Waals surface area contributed by atoms with E-state index >= 15 is 0 Å². The van der Waals surface area contributed by atoms with Gasteiger partial charge in [0.2, 0.25) is 0 Å². The molecule has 2 aromatic carbocycles. The van der Waals surface area contributed by atoms with Gasteiger partial charge in [-0.1, -0.05) is 24.3 Å². The third kappa shape index (κ3) is 3.78. The number of likely N-dealkylation sites (N-methyl/N-ethyl adjacent to an activating group) is 1. The van der Waals surface area contributed by atoms with E-state index in [9.17, 15) is 5.11 Å². The molecule has 4 nitrogen and oxygen atoms in total. The number of para-hydroxylation sites is 2. The van der Waals surface area contributed by atoms with E-state index in [1.54, 1.807) is 24.3 Å². The zero-order chi connectivity index (χ0) is 15.9. The number of hydrogen-bond donors (Lipinski definition) is 1. The number of nitrogens with zero attached hydrogens (tertiary/aromatic N) is 2. The smallest absolute Gasteiger partial charge is 0.142 e. The Labute approximate surface area is 131 Å². The first-order chi connectivity index (χ1) is 10.7. The summed E-state index contributed by atoms with van der Waals surface area (Å²) >= 11 is 0. The summed E-state index contributed by atoms with van der Waals surface area (Å²) in [5.74, 6) is 0.805. The Morgan fingerprint density at radius 2 is 1.86 bits per heavy atom. The van der Waals surface area contributed by atoms with E-state index in [4.69, 9.17) is 10.00 Å². The van der Waals surface area contributed by atoms with Crippen LogP contribution < -0.4 is 9.64 Å². The van der Waals surface area contributed by atoms with E-state index in [1.807, 2.05) is 43.1 Å². The van der Waals surface area contributed by atoms with Gasteiger partial charge >= 0.3 is 0 Å². The van der Waals surface area contributed by atoms with E-state index in [0.717, 1.165) is 17.0 Å². The van der Waals surface area contributed by atoms with Crippen LogP contribution in [0.15, 0.2) is 48.5 Å². The summed E-state index contributed by atoms with van der Waals surface area (Å²) in [5.41, 5.74) is 2.32. The summed E-state index contributed by atoms with van der Waals surface area (Å²) in [7, 11) is 1.92. The van der Waals surface area contributed by atoms with Crippen molar-refractivity contribution in [3.05, 3.63) is 59.7 Å². The third-order valence-corrected chi connectivity index (χ3v) is 3.45. The molecule has 1 N–H and O–H groups in total. The molecule has 0 aliphatic rings. The van der Waals surface area contributed by atoms with Crippen molar-refractivity contribution in [2.75, 3.05) is 25.1 Å². The maximum absolute atomic E-state index is 10.4. The lowest BCUT2D eigenvalue weighted by Gasteiger charge is -2.25. The average molecular weight is 296 g/mol. The van der Waals surface area contributed by atoms with Crippen LogP contribution in [0.25, 0.3) is 0 Å². The maximum atomic E-state index is 10.4. The fraction of sp³-hybridized carbons (Fsp3) is 0.278. The minimum absolute atomic E-state index is 0.440. The van der Waals surface area contributed by atoms with Crippen molar-refractivity contribution in [2.45, 2.75) is 13.0 Å². The Morgan fingerprint density at radius 3 is 2.50 bits per heavy atom. The lowest BCUT2D eigenvalue weighted by Crippen LogP contribution is -2.24. The standard InChI is InChI=1S/C18H20N2O2/c1-3-22-18-7-5-4-6-16(18)20(2)13-17(21)15-10-8-14(12-19)9-11-15/h4-11,17,21H,3,13H2,1-2H3. The molecular formula is C18H20N2O2. The highest BCUT2D eigenvalue weighted by atomic mass is 16.5. The number of hydrogen-bond acceptors (Lipinski definition) is 4. The van der Waals surface area contributed by atoms with Crippen LogP contribution in [0.1, 0.15) is 24.2 Å². The van der Waals surface area contributed by atoms with Crippen molar-refractivity contribution in [3.8, 4) is 11.8 Å². The molecule has 0 aromatic heterocycles. The second-order valence-corrected chi connectivity index (χ2v) is 5.03. The lowest BCUT2D eigenvalue weighted by molar-refractivity contribution is 0.184. The predicted octanol–water partition coefficient (Wildman–Crippen LogP) is 3.13. The Kier molecular flexibility index (Phi) is 5.40. The Hall–Kier alpha value is -2.51. The van der Waals surface area contributed by atoms with E-state index in [0.29, 0.717) is 18.7 Å². The van der Waals surface area contributed by atoms with Crippen LogP contribution in [-0.4, -0.2) is 25.3 Å². The molecule has 0 radical (unpaired) electrons. The molecule has 1 unspecified atom stereocenters. The maximum Gasteiger partial charge on any atom is 0.142 e. The highest BCUT2D eigenvalue weighted by Crippen LogP contribution is 2.28. The second-order valence-electron chi connectivity index (χ2n) is 5.03. The molecule has 22 heavy (non-hydrogen) atoms. The van der Waals surface area contributed by atoms with Gasteiger partial charge in [0, 0.05) is 13.6 Å². The van der Waals surface area contributed by atoms with Gasteiger partial charge in [0.15, 0.2) is 0 Å². The number of ether oxygens (including phenoxy) is 1. The fourth-order valence-corrected chi connectivity index (χ4v) is 2.29. The molecule has 1 atom stereocenters. The van der Waals surface area contributed by atoms with Crippen LogP contribution in [0.4, 0.5) is 5.69 Å². The van der Waals surface area contributed by atoms with Gasteiger partial charge in [0.1, 0.15) is 5.75 Å². The molecule has 0 fully saturated rings. The van der Waals surface area contributed by atoms with Crippen LogP contribution in [0.2, 0.25) is 0 Å². The monoisotopic (exact) mass is 296 g/mol. The van der Waals surface area contributed by atoms with Gasteiger partial charge in [-0.05, 0) is 36.8 Å². The molecule has 2 aromatic rings. The molecule has 4 heteroatoms. The summed E-state index contributed by atoms with van der Waals surface area (Å²) in [6.07, 6.45) is -0.632. The van der Waals surface area contributed by atoms with E-state index in [-0.39, 0.29) is 0 Å². The third-order valence-electron chi connectivity index (χ3n) is 3.45. The predicted molar refractivity (Wildman–Crippen MR) is 87.0 cm³/mol. The number of aliphatic hydroxyl groups is 1. The topological polar surface area (TPSA) is 56.5 Å². The van der Waals surface area contributed by atoms with Crippen LogP contribution in [-0.2, 0) is 0 Å². The van der Waals surface area contributed by atoms with Crippen LogP contribution in [0.5, 0.6) is 5.75 Å². The average Bonchev–Trinajstić information content (AvgIpc) is 2.55. The van der Waals surface area contributed by atoms with Crippen LogP contribution in [0.3, 0.4) is 0 Å². The number of aliphatic hydroxyl groups excluding tert-OH is 1. The molecule has 114 valence electrons. The van der Waals surface area contributed by atoms with E-state index in [1.165, 1.54) is 0 Å². The Morgan fingerprint density at radius 1 is 1.18 bits per heavy atom. The number of rotatable bonds is 6. The molecule has 0 bridgehead atoms. The van der Waals surface area contributed by atoms with Crippen molar-refractivity contribution in [2.24, 2.45) is 0 Å². The molecule has 0 heterocycles. The van der Waals surface area contributed by atoms with Gasteiger partial charge < -0.3 is 14.7 Å². The fourth-order valence-electron chi connectivity index (χ4n) is 2.29.